The first kappa shape index (κ1) is 16.2. The highest BCUT2D eigenvalue weighted by atomic mass is 19.1. The summed E-state index contributed by atoms with van der Waals surface area (Å²) < 4.78 is 18.6. The molecule has 1 unspecified atom stereocenters. The second kappa shape index (κ2) is 7.77. The number of amides is 1. The molecule has 1 aliphatic rings. The molecule has 0 aliphatic heterocycles. The Balaban J connectivity index is 1.54. The van der Waals surface area contributed by atoms with Crippen LogP contribution in [0.25, 0.3) is 0 Å². The molecule has 24 heavy (non-hydrogen) atoms. The van der Waals surface area contributed by atoms with E-state index in [2.05, 4.69) is 17.5 Å². The van der Waals surface area contributed by atoms with Gasteiger partial charge in [0.25, 0.3) is 0 Å². The van der Waals surface area contributed by atoms with Crippen molar-refractivity contribution in [3.63, 3.8) is 0 Å². The van der Waals surface area contributed by atoms with Crippen LogP contribution in [0.15, 0.2) is 60.7 Å². The molecule has 0 aromatic heterocycles. The third-order valence-corrected chi connectivity index (χ3v) is 4.00. The average molecular weight is 325 g/mol. The predicted octanol–water partition coefficient (Wildman–Crippen LogP) is 4.70. The number of rotatable bonds is 6. The van der Waals surface area contributed by atoms with Crippen molar-refractivity contribution >= 4 is 11.6 Å². The first-order valence-corrected chi connectivity index (χ1v) is 8.13. The summed E-state index contributed by atoms with van der Waals surface area (Å²) in [6.07, 6.45) is 6.86. The molecule has 3 rings (SSSR count). The second-order valence-corrected chi connectivity index (χ2v) is 5.96. The molecule has 0 saturated heterocycles. The third-order valence-electron chi connectivity index (χ3n) is 4.00. The molecule has 1 atom stereocenters. The van der Waals surface area contributed by atoms with Gasteiger partial charge in [0.2, 0.25) is 5.91 Å². The smallest absolute Gasteiger partial charge is 0.224 e. The zero-order valence-electron chi connectivity index (χ0n) is 13.4. The maximum absolute atomic E-state index is 12.9. The van der Waals surface area contributed by atoms with E-state index in [4.69, 9.17) is 4.74 Å². The molecule has 0 fully saturated rings. The minimum Gasteiger partial charge on any atom is -0.489 e. The van der Waals surface area contributed by atoms with Crippen molar-refractivity contribution in [1.29, 1.82) is 0 Å². The lowest BCUT2D eigenvalue weighted by Gasteiger charge is -2.11. The number of hydrogen-bond donors (Lipinski definition) is 1. The van der Waals surface area contributed by atoms with Crippen molar-refractivity contribution in [3.8, 4) is 5.75 Å². The van der Waals surface area contributed by atoms with Gasteiger partial charge in [-0.2, -0.15) is 0 Å². The Labute approximate surface area is 141 Å². The molecule has 1 N–H and O–H groups in total. The van der Waals surface area contributed by atoms with E-state index >= 15 is 0 Å². The van der Waals surface area contributed by atoms with E-state index in [1.165, 1.54) is 12.1 Å². The molecule has 1 amide bonds. The molecule has 0 bridgehead atoms. The summed E-state index contributed by atoms with van der Waals surface area (Å²) in [4.78, 5) is 12.1. The summed E-state index contributed by atoms with van der Waals surface area (Å²) in [5, 5.41) is 2.91. The van der Waals surface area contributed by atoms with Crippen LogP contribution in [-0.4, -0.2) is 5.91 Å². The van der Waals surface area contributed by atoms with Gasteiger partial charge in [0.15, 0.2) is 0 Å². The van der Waals surface area contributed by atoms with Crippen molar-refractivity contribution in [2.75, 3.05) is 5.32 Å². The molecule has 0 spiro atoms. The van der Waals surface area contributed by atoms with Crippen LogP contribution in [0.3, 0.4) is 0 Å². The van der Waals surface area contributed by atoms with Crippen molar-refractivity contribution in [2.45, 2.75) is 25.9 Å². The van der Waals surface area contributed by atoms with E-state index in [1.54, 1.807) is 18.2 Å². The molecule has 0 radical (unpaired) electrons. The highest BCUT2D eigenvalue weighted by Gasteiger charge is 2.14. The molecule has 2 aromatic rings. The van der Waals surface area contributed by atoms with E-state index in [0.717, 1.165) is 24.1 Å². The zero-order chi connectivity index (χ0) is 16.8. The first-order valence-electron chi connectivity index (χ1n) is 8.13. The van der Waals surface area contributed by atoms with Gasteiger partial charge in [-0.1, -0.05) is 30.4 Å². The summed E-state index contributed by atoms with van der Waals surface area (Å²) in [6, 6.07) is 13.5. The highest BCUT2D eigenvalue weighted by molar-refractivity contribution is 5.91. The maximum Gasteiger partial charge on any atom is 0.224 e. The predicted molar refractivity (Wildman–Crippen MR) is 92.3 cm³/mol. The molecular weight excluding hydrogens is 305 g/mol. The summed E-state index contributed by atoms with van der Waals surface area (Å²) >= 11 is 0. The van der Waals surface area contributed by atoms with Crippen LogP contribution in [0.4, 0.5) is 10.1 Å². The topological polar surface area (TPSA) is 38.3 Å². The van der Waals surface area contributed by atoms with Crippen LogP contribution in [0.1, 0.15) is 24.8 Å². The van der Waals surface area contributed by atoms with E-state index in [-0.39, 0.29) is 11.7 Å². The minimum atomic E-state index is -0.263. The average Bonchev–Trinajstić information content (AvgIpc) is 3.07. The SMILES string of the molecule is O=C(CC1C=CCC1)Nc1cccc(OCc2ccc(F)cc2)c1. The van der Waals surface area contributed by atoms with Gasteiger partial charge >= 0.3 is 0 Å². The number of allylic oxidation sites excluding steroid dienone is 2. The van der Waals surface area contributed by atoms with E-state index in [9.17, 15) is 9.18 Å². The molecule has 1 aliphatic carbocycles. The number of carbonyl (C=O) groups is 1. The maximum atomic E-state index is 12.9. The Hall–Kier alpha value is -2.62. The minimum absolute atomic E-state index is 0.0160. The molecular formula is C20H20FNO2. The van der Waals surface area contributed by atoms with Gasteiger partial charge in [-0.05, 0) is 48.6 Å². The largest absolute Gasteiger partial charge is 0.489 e. The Morgan fingerprint density at radius 3 is 2.79 bits per heavy atom. The third kappa shape index (κ3) is 4.69. The normalized spacial score (nSPS) is 16.1. The Bertz CT molecular complexity index is 725. The highest BCUT2D eigenvalue weighted by Crippen LogP contribution is 2.22. The molecule has 2 aromatic carbocycles. The number of nitrogens with one attached hydrogen (secondary N) is 1. The Morgan fingerprint density at radius 1 is 1.21 bits per heavy atom. The second-order valence-electron chi connectivity index (χ2n) is 5.96. The number of ether oxygens (including phenoxy) is 1. The van der Waals surface area contributed by atoms with E-state index < -0.39 is 0 Å². The van der Waals surface area contributed by atoms with E-state index in [0.29, 0.717) is 24.7 Å². The molecule has 0 saturated carbocycles. The molecule has 124 valence electrons. The monoisotopic (exact) mass is 325 g/mol. The van der Waals surface area contributed by atoms with Gasteiger partial charge in [0.05, 0.1) is 0 Å². The fraction of sp³-hybridized carbons (Fsp3) is 0.250. The van der Waals surface area contributed by atoms with Gasteiger partial charge in [-0.3, -0.25) is 4.79 Å². The van der Waals surface area contributed by atoms with Crippen LogP contribution in [-0.2, 0) is 11.4 Å². The van der Waals surface area contributed by atoms with Crippen LogP contribution < -0.4 is 10.1 Å². The number of carbonyl (C=O) groups excluding carboxylic acids is 1. The standard InChI is InChI=1S/C20H20FNO2/c21-17-10-8-16(9-11-17)14-24-19-7-3-6-18(13-19)22-20(23)12-15-4-1-2-5-15/h1,3-4,6-11,13,15H,2,5,12,14H2,(H,22,23). The fourth-order valence-corrected chi connectivity index (χ4v) is 2.73. The van der Waals surface area contributed by atoms with Crippen LogP contribution in [0.5, 0.6) is 5.75 Å². The van der Waals surface area contributed by atoms with Crippen LogP contribution >= 0.6 is 0 Å². The number of halogens is 1. The van der Waals surface area contributed by atoms with Gasteiger partial charge in [-0.25, -0.2) is 4.39 Å². The van der Waals surface area contributed by atoms with Crippen LogP contribution in [0.2, 0.25) is 0 Å². The molecule has 3 nitrogen and oxygen atoms in total. The zero-order valence-corrected chi connectivity index (χ0v) is 13.4. The van der Waals surface area contributed by atoms with Gasteiger partial charge in [0, 0.05) is 18.2 Å². The van der Waals surface area contributed by atoms with Crippen molar-refractivity contribution in [3.05, 3.63) is 72.1 Å². The van der Waals surface area contributed by atoms with Gasteiger partial charge < -0.3 is 10.1 Å². The van der Waals surface area contributed by atoms with Crippen molar-refractivity contribution < 1.29 is 13.9 Å². The summed E-state index contributed by atoms with van der Waals surface area (Å²) in [5.41, 5.74) is 1.61. The lowest BCUT2D eigenvalue weighted by Crippen LogP contribution is -2.14. The lowest BCUT2D eigenvalue weighted by atomic mass is 10.1. The molecule has 0 heterocycles. The number of benzene rings is 2. The van der Waals surface area contributed by atoms with Gasteiger partial charge in [0.1, 0.15) is 18.2 Å². The Kier molecular flexibility index (Phi) is 5.26. The number of hydrogen-bond acceptors (Lipinski definition) is 2. The van der Waals surface area contributed by atoms with E-state index in [1.807, 2.05) is 18.2 Å². The summed E-state index contributed by atoms with van der Waals surface area (Å²) in [6.45, 7) is 0.352. The lowest BCUT2D eigenvalue weighted by molar-refractivity contribution is -0.116. The quantitative estimate of drug-likeness (QED) is 0.782. The number of anilines is 1. The fourth-order valence-electron chi connectivity index (χ4n) is 2.73. The summed E-state index contributed by atoms with van der Waals surface area (Å²) in [5.74, 6) is 0.767. The first-order chi connectivity index (χ1) is 11.7. The van der Waals surface area contributed by atoms with Crippen molar-refractivity contribution in [2.24, 2.45) is 5.92 Å². The Morgan fingerprint density at radius 2 is 2.04 bits per heavy atom. The molecule has 4 heteroatoms. The van der Waals surface area contributed by atoms with Crippen LogP contribution in [0, 0.1) is 11.7 Å². The summed E-state index contributed by atoms with van der Waals surface area (Å²) in [7, 11) is 0. The van der Waals surface area contributed by atoms with Crippen molar-refractivity contribution in [1.82, 2.24) is 0 Å². The van der Waals surface area contributed by atoms with Gasteiger partial charge in [-0.15, -0.1) is 0 Å².